The first kappa shape index (κ1) is 24.1. The maximum absolute atomic E-state index is 12.9. The number of nitrogens with one attached hydrogen (secondary N) is 2. The molecule has 1 aliphatic rings. The Balaban J connectivity index is 2.21. The van der Waals surface area contributed by atoms with Gasteiger partial charge in [0.05, 0.1) is 6.54 Å². The Kier molecular flexibility index (Phi) is 8.38. The summed E-state index contributed by atoms with van der Waals surface area (Å²) in [6.45, 7) is 3.54. The lowest BCUT2D eigenvalue weighted by molar-refractivity contribution is -0.144. The minimum absolute atomic E-state index is 0.0569. The van der Waals surface area contributed by atoms with Crippen molar-refractivity contribution in [1.29, 1.82) is 0 Å². The minimum atomic E-state index is -1.17. The summed E-state index contributed by atoms with van der Waals surface area (Å²) in [7, 11) is 0. The number of carboxylic acids is 1. The highest BCUT2D eigenvalue weighted by atomic mass is 16.4. The third-order valence-corrected chi connectivity index (χ3v) is 5.29. The number of nitrogens with two attached hydrogens (primary N) is 1. The van der Waals surface area contributed by atoms with E-state index in [1.807, 2.05) is 0 Å². The van der Waals surface area contributed by atoms with E-state index in [0.29, 0.717) is 24.9 Å². The first-order valence-corrected chi connectivity index (χ1v) is 10.2. The molecule has 0 aromatic heterocycles. The average Bonchev–Trinajstić information content (AvgIpc) is 3.21. The molecule has 0 radical (unpaired) electrons. The van der Waals surface area contributed by atoms with Crippen LogP contribution in [-0.4, -0.2) is 70.0 Å². The SMILES string of the molecule is CC(C)C(NC(=O)C(Cc1ccc(O)cc1)NC(=O)C1CCCN1C(=O)CN)C(=O)O. The van der Waals surface area contributed by atoms with Gasteiger partial charge in [0.25, 0.3) is 0 Å². The second-order valence-corrected chi connectivity index (χ2v) is 7.95. The molecule has 0 saturated carbocycles. The van der Waals surface area contributed by atoms with Gasteiger partial charge in [0.15, 0.2) is 0 Å². The Morgan fingerprint density at radius 3 is 2.35 bits per heavy atom. The number of hydrogen-bond donors (Lipinski definition) is 5. The number of aromatic hydroxyl groups is 1. The molecule has 1 aromatic carbocycles. The van der Waals surface area contributed by atoms with Gasteiger partial charge in [0.2, 0.25) is 17.7 Å². The van der Waals surface area contributed by atoms with Crippen molar-refractivity contribution in [2.75, 3.05) is 13.1 Å². The van der Waals surface area contributed by atoms with Gasteiger partial charge in [-0.25, -0.2) is 4.79 Å². The predicted octanol–water partition coefficient (Wildman–Crippen LogP) is -0.405. The highest BCUT2D eigenvalue weighted by molar-refractivity contribution is 5.94. The van der Waals surface area contributed by atoms with Crippen molar-refractivity contribution in [1.82, 2.24) is 15.5 Å². The van der Waals surface area contributed by atoms with E-state index in [0.717, 1.165) is 0 Å². The summed E-state index contributed by atoms with van der Waals surface area (Å²) in [4.78, 5) is 50.7. The van der Waals surface area contributed by atoms with Crippen LogP contribution in [0.15, 0.2) is 24.3 Å². The molecule has 31 heavy (non-hydrogen) atoms. The number of carbonyl (C=O) groups excluding carboxylic acids is 3. The van der Waals surface area contributed by atoms with Crippen LogP contribution in [0.5, 0.6) is 5.75 Å². The highest BCUT2D eigenvalue weighted by Crippen LogP contribution is 2.18. The molecule has 1 fully saturated rings. The number of carboxylic acid groups (broad SMARTS) is 1. The van der Waals surface area contributed by atoms with Gasteiger partial charge in [-0.3, -0.25) is 14.4 Å². The van der Waals surface area contributed by atoms with Crippen LogP contribution in [0.3, 0.4) is 0 Å². The zero-order chi connectivity index (χ0) is 23.1. The maximum atomic E-state index is 12.9. The quantitative estimate of drug-likeness (QED) is 0.353. The Hall–Kier alpha value is -3.14. The monoisotopic (exact) mass is 434 g/mol. The first-order valence-electron chi connectivity index (χ1n) is 10.2. The van der Waals surface area contributed by atoms with Gasteiger partial charge in [-0.05, 0) is 36.5 Å². The van der Waals surface area contributed by atoms with Crippen LogP contribution in [0.4, 0.5) is 0 Å². The van der Waals surface area contributed by atoms with Crippen LogP contribution < -0.4 is 16.4 Å². The number of nitrogens with zero attached hydrogens (tertiary/aromatic N) is 1. The maximum Gasteiger partial charge on any atom is 0.326 e. The normalized spacial score (nSPS) is 17.8. The van der Waals surface area contributed by atoms with E-state index < -0.39 is 35.9 Å². The van der Waals surface area contributed by atoms with Crippen molar-refractivity contribution in [2.45, 2.75) is 51.2 Å². The van der Waals surface area contributed by atoms with E-state index in [1.54, 1.807) is 26.0 Å². The Morgan fingerprint density at radius 2 is 1.81 bits per heavy atom. The fourth-order valence-electron chi connectivity index (χ4n) is 3.57. The first-order chi connectivity index (χ1) is 14.6. The number of aliphatic carboxylic acids is 1. The standard InChI is InChI=1S/C21H30N4O6/c1-12(2)18(21(30)31)24-19(28)15(10-13-5-7-14(26)8-6-13)23-20(29)16-4-3-9-25(16)17(27)11-22/h5-8,12,15-16,18,26H,3-4,9-11,22H2,1-2H3,(H,23,29)(H,24,28)(H,30,31). The fraction of sp³-hybridized carbons (Fsp3) is 0.524. The van der Waals surface area contributed by atoms with Crippen LogP contribution in [0.1, 0.15) is 32.3 Å². The number of carbonyl (C=O) groups is 4. The molecule has 2 rings (SSSR count). The van der Waals surface area contributed by atoms with Gasteiger partial charge in [0, 0.05) is 13.0 Å². The molecule has 3 amide bonds. The third kappa shape index (κ3) is 6.42. The summed E-state index contributed by atoms with van der Waals surface area (Å²) in [5.41, 5.74) is 6.09. The number of hydrogen-bond acceptors (Lipinski definition) is 6. The lowest BCUT2D eigenvalue weighted by Crippen LogP contribution is -2.57. The molecule has 0 spiro atoms. The molecule has 170 valence electrons. The zero-order valence-corrected chi connectivity index (χ0v) is 17.7. The minimum Gasteiger partial charge on any atom is -0.508 e. The van der Waals surface area contributed by atoms with Crippen LogP contribution in [0.25, 0.3) is 0 Å². The van der Waals surface area contributed by atoms with Gasteiger partial charge in [-0.1, -0.05) is 26.0 Å². The molecule has 10 heteroatoms. The van der Waals surface area contributed by atoms with Crippen molar-refractivity contribution < 1.29 is 29.4 Å². The van der Waals surface area contributed by atoms with Crippen molar-refractivity contribution in [3.05, 3.63) is 29.8 Å². The second-order valence-electron chi connectivity index (χ2n) is 7.95. The number of rotatable bonds is 9. The number of amides is 3. The smallest absolute Gasteiger partial charge is 0.326 e. The topological polar surface area (TPSA) is 162 Å². The molecule has 6 N–H and O–H groups in total. The van der Waals surface area contributed by atoms with E-state index in [1.165, 1.54) is 17.0 Å². The van der Waals surface area contributed by atoms with Gasteiger partial charge in [0.1, 0.15) is 23.9 Å². The van der Waals surface area contributed by atoms with Gasteiger partial charge in [-0.15, -0.1) is 0 Å². The fourth-order valence-corrected chi connectivity index (χ4v) is 3.57. The van der Waals surface area contributed by atoms with E-state index >= 15 is 0 Å². The molecule has 1 saturated heterocycles. The second kappa shape index (κ2) is 10.8. The number of phenols is 1. The van der Waals surface area contributed by atoms with E-state index in [-0.39, 0.29) is 30.5 Å². The molecule has 1 heterocycles. The van der Waals surface area contributed by atoms with Crippen LogP contribution in [0.2, 0.25) is 0 Å². The largest absolute Gasteiger partial charge is 0.508 e. The summed E-state index contributed by atoms with van der Waals surface area (Å²) < 4.78 is 0. The molecule has 3 unspecified atom stereocenters. The Bertz CT molecular complexity index is 811. The van der Waals surface area contributed by atoms with Gasteiger partial charge >= 0.3 is 5.97 Å². The average molecular weight is 434 g/mol. The van der Waals surface area contributed by atoms with Crippen LogP contribution >= 0.6 is 0 Å². The molecule has 1 aliphatic heterocycles. The van der Waals surface area contributed by atoms with Crippen molar-refractivity contribution in [2.24, 2.45) is 11.7 Å². The highest BCUT2D eigenvalue weighted by Gasteiger charge is 2.36. The Labute approximate surface area is 180 Å². The summed E-state index contributed by atoms with van der Waals surface area (Å²) in [5, 5.41) is 24.0. The molecular weight excluding hydrogens is 404 g/mol. The molecule has 3 atom stereocenters. The molecule has 0 bridgehead atoms. The molecule has 10 nitrogen and oxygen atoms in total. The van der Waals surface area contributed by atoms with Crippen LogP contribution in [0, 0.1) is 5.92 Å². The summed E-state index contributed by atoms with van der Waals surface area (Å²) in [6.07, 6.45) is 1.18. The summed E-state index contributed by atoms with van der Waals surface area (Å²) in [6, 6.07) is 3.23. The van der Waals surface area contributed by atoms with Gasteiger partial charge < -0.3 is 31.5 Å². The molecule has 0 aliphatic carbocycles. The number of likely N-dealkylation sites (tertiary alicyclic amines) is 1. The zero-order valence-electron chi connectivity index (χ0n) is 17.7. The number of phenolic OH excluding ortho intramolecular Hbond substituents is 1. The summed E-state index contributed by atoms with van der Waals surface area (Å²) >= 11 is 0. The van der Waals surface area contributed by atoms with Gasteiger partial charge in [-0.2, -0.15) is 0 Å². The van der Waals surface area contributed by atoms with E-state index in [2.05, 4.69) is 10.6 Å². The van der Waals surface area contributed by atoms with Crippen molar-refractivity contribution in [3.63, 3.8) is 0 Å². The third-order valence-electron chi connectivity index (χ3n) is 5.29. The predicted molar refractivity (Wildman–Crippen MR) is 112 cm³/mol. The summed E-state index contributed by atoms with van der Waals surface area (Å²) in [5.74, 6) is -2.95. The lowest BCUT2D eigenvalue weighted by Gasteiger charge is -2.27. The molecule has 1 aromatic rings. The molecular formula is C21H30N4O6. The number of benzene rings is 1. The lowest BCUT2D eigenvalue weighted by atomic mass is 10.0. The Morgan fingerprint density at radius 1 is 1.16 bits per heavy atom. The van der Waals surface area contributed by atoms with Crippen molar-refractivity contribution in [3.8, 4) is 5.75 Å². The van der Waals surface area contributed by atoms with Crippen molar-refractivity contribution >= 4 is 23.7 Å². The van der Waals surface area contributed by atoms with E-state index in [9.17, 15) is 29.4 Å². The van der Waals surface area contributed by atoms with Crippen LogP contribution in [-0.2, 0) is 25.6 Å². The van der Waals surface area contributed by atoms with E-state index in [4.69, 9.17) is 5.73 Å².